The Hall–Kier alpha value is -1.18. The number of hydrogen-bond donors (Lipinski definition) is 2. The molecule has 2 heteroatoms. The molecule has 2 N–H and O–H groups in total. The molecule has 1 aliphatic rings. The Morgan fingerprint density at radius 3 is 2.89 bits per heavy atom. The van der Waals surface area contributed by atoms with Gasteiger partial charge in [0.25, 0.3) is 0 Å². The summed E-state index contributed by atoms with van der Waals surface area (Å²) >= 11 is 0. The molecule has 0 aromatic heterocycles. The van der Waals surface area contributed by atoms with E-state index in [9.17, 15) is 0 Å². The van der Waals surface area contributed by atoms with Crippen LogP contribution in [0.25, 0.3) is 0 Å². The standard InChI is InChI=1S/C7H10N2/c1-2-5-9-7-3-6-8-4-1/h1-6,8-9H,7H2/b4-1-,5-2-,6-3-. The first-order valence-corrected chi connectivity index (χ1v) is 2.96. The van der Waals surface area contributed by atoms with Crippen molar-refractivity contribution in [1.82, 2.24) is 10.6 Å². The van der Waals surface area contributed by atoms with Crippen molar-refractivity contribution in [3.63, 3.8) is 0 Å². The quantitative estimate of drug-likeness (QED) is 0.494. The van der Waals surface area contributed by atoms with Gasteiger partial charge in [-0.1, -0.05) is 0 Å². The molecule has 0 bridgehead atoms. The van der Waals surface area contributed by atoms with Crippen LogP contribution in [0.5, 0.6) is 0 Å². The van der Waals surface area contributed by atoms with Crippen molar-refractivity contribution >= 4 is 0 Å². The van der Waals surface area contributed by atoms with Crippen molar-refractivity contribution in [3.05, 3.63) is 36.8 Å². The van der Waals surface area contributed by atoms with Crippen LogP contribution in [-0.2, 0) is 0 Å². The topological polar surface area (TPSA) is 24.1 Å². The van der Waals surface area contributed by atoms with E-state index in [2.05, 4.69) is 10.6 Å². The molecule has 1 rings (SSSR count). The maximum absolute atomic E-state index is 3.07. The predicted octanol–water partition coefficient (Wildman–Crippen LogP) is 0.720. The monoisotopic (exact) mass is 122 g/mol. The van der Waals surface area contributed by atoms with Gasteiger partial charge in [-0.2, -0.15) is 0 Å². The SMILES string of the molecule is C1=C\N/C=C\CN\C=C/1. The molecule has 0 amide bonds. The summed E-state index contributed by atoms with van der Waals surface area (Å²) in [6.45, 7) is 0.880. The van der Waals surface area contributed by atoms with Crippen LogP contribution < -0.4 is 10.6 Å². The first-order chi connectivity index (χ1) is 4.50. The summed E-state index contributed by atoms with van der Waals surface area (Å²) in [6, 6.07) is 0. The van der Waals surface area contributed by atoms with Gasteiger partial charge >= 0.3 is 0 Å². The Labute approximate surface area is 55.0 Å². The lowest BCUT2D eigenvalue weighted by Crippen LogP contribution is -2.03. The molecule has 0 aromatic carbocycles. The molecule has 0 spiro atoms. The highest BCUT2D eigenvalue weighted by Crippen LogP contribution is 1.76. The van der Waals surface area contributed by atoms with Crippen LogP contribution in [0, 0.1) is 0 Å². The summed E-state index contributed by atoms with van der Waals surface area (Å²) in [5.74, 6) is 0. The third kappa shape index (κ3) is 2.59. The van der Waals surface area contributed by atoms with E-state index in [1.54, 1.807) is 0 Å². The van der Waals surface area contributed by atoms with Crippen LogP contribution in [0.2, 0.25) is 0 Å². The molecule has 1 heterocycles. The molecule has 0 aliphatic carbocycles. The molecule has 1 aliphatic heterocycles. The molecule has 9 heavy (non-hydrogen) atoms. The zero-order valence-corrected chi connectivity index (χ0v) is 5.17. The lowest BCUT2D eigenvalue weighted by Gasteiger charge is -1.89. The van der Waals surface area contributed by atoms with E-state index in [0.717, 1.165) is 6.54 Å². The summed E-state index contributed by atoms with van der Waals surface area (Å²) < 4.78 is 0. The third-order valence-electron chi connectivity index (χ3n) is 0.967. The second-order valence-corrected chi connectivity index (χ2v) is 1.70. The average Bonchev–Trinajstić information content (AvgIpc) is 2.00. The van der Waals surface area contributed by atoms with Gasteiger partial charge in [-0.3, -0.25) is 0 Å². The summed E-state index contributed by atoms with van der Waals surface area (Å²) in [5, 5.41) is 6.04. The predicted molar refractivity (Wildman–Crippen MR) is 38.6 cm³/mol. The maximum Gasteiger partial charge on any atom is 0.0342 e. The Bertz CT molecular complexity index is 145. The lowest BCUT2D eigenvalue weighted by atomic mass is 10.5. The molecule has 0 fully saturated rings. The Kier molecular flexibility index (Phi) is 2.50. The van der Waals surface area contributed by atoms with E-state index in [0.29, 0.717) is 0 Å². The van der Waals surface area contributed by atoms with Crippen molar-refractivity contribution in [2.24, 2.45) is 0 Å². The van der Waals surface area contributed by atoms with Crippen LogP contribution in [0.1, 0.15) is 0 Å². The van der Waals surface area contributed by atoms with Gasteiger partial charge in [0, 0.05) is 12.7 Å². The van der Waals surface area contributed by atoms with E-state index in [-0.39, 0.29) is 0 Å². The molecular weight excluding hydrogens is 112 g/mol. The zero-order chi connectivity index (χ0) is 6.36. The van der Waals surface area contributed by atoms with Crippen molar-refractivity contribution in [2.75, 3.05) is 6.54 Å². The second kappa shape index (κ2) is 3.78. The number of hydrogen-bond acceptors (Lipinski definition) is 2. The smallest absolute Gasteiger partial charge is 0.0342 e. The van der Waals surface area contributed by atoms with Gasteiger partial charge in [0.05, 0.1) is 0 Å². The molecule has 0 unspecified atom stereocenters. The number of nitrogens with one attached hydrogen (secondary N) is 2. The highest BCUT2D eigenvalue weighted by Gasteiger charge is 1.73. The van der Waals surface area contributed by atoms with Gasteiger partial charge in [0.2, 0.25) is 0 Å². The molecule has 0 aromatic rings. The van der Waals surface area contributed by atoms with E-state index < -0.39 is 0 Å². The molecule has 0 saturated heterocycles. The second-order valence-electron chi connectivity index (χ2n) is 1.70. The highest BCUT2D eigenvalue weighted by molar-refractivity contribution is 5.04. The number of rotatable bonds is 0. The molecule has 0 radical (unpaired) electrons. The van der Waals surface area contributed by atoms with Gasteiger partial charge in [-0.15, -0.1) is 0 Å². The van der Waals surface area contributed by atoms with Crippen LogP contribution in [0.3, 0.4) is 0 Å². The fourth-order valence-corrected chi connectivity index (χ4v) is 0.553. The molecule has 48 valence electrons. The minimum absolute atomic E-state index is 0.880. The summed E-state index contributed by atoms with van der Waals surface area (Å²) in [6.07, 6.45) is 11.6. The van der Waals surface area contributed by atoms with Gasteiger partial charge in [-0.05, 0) is 30.6 Å². The molecule has 0 saturated carbocycles. The highest BCUT2D eigenvalue weighted by atomic mass is 14.8. The summed E-state index contributed by atoms with van der Waals surface area (Å²) in [5.41, 5.74) is 0. The fourth-order valence-electron chi connectivity index (χ4n) is 0.553. The summed E-state index contributed by atoms with van der Waals surface area (Å²) in [7, 11) is 0. The Morgan fingerprint density at radius 2 is 1.89 bits per heavy atom. The lowest BCUT2D eigenvalue weighted by molar-refractivity contribution is 0.980. The van der Waals surface area contributed by atoms with E-state index in [4.69, 9.17) is 0 Å². The summed E-state index contributed by atoms with van der Waals surface area (Å²) in [4.78, 5) is 0. The van der Waals surface area contributed by atoms with Crippen molar-refractivity contribution in [2.45, 2.75) is 0 Å². The first kappa shape index (κ1) is 5.95. The molecule has 0 atom stereocenters. The normalized spacial score (nSPS) is 27.6. The van der Waals surface area contributed by atoms with Crippen LogP contribution >= 0.6 is 0 Å². The first-order valence-electron chi connectivity index (χ1n) is 2.96. The van der Waals surface area contributed by atoms with Gasteiger partial charge in [0.1, 0.15) is 0 Å². The molecular formula is C7H10N2. The van der Waals surface area contributed by atoms with Crippen LogP contribution in [0.4, 0.5) is 0 Å². The van der Waals surface area contributed by atoms with Crippen molar-refractivity contribution < 1.29 is 0 Å². The van der Waals surface area contributed by atoms with Crippen LogP contribution in [0.15, 0.2) is 36.8 Å². The minimum Gasteiger partial charge on any atom is -0.387 e. The van der Waals surface area contributed by atoms with Crippen LogP contribution in [-0.4, -0.2) is 6.54 Å². The minimum atomic E-state index is 0.880. The Balaban J connectivity index is 2.43. The van der Waals surface area contributed by atoms with E-state index in [1.165, 1.54) is 0 Å². The number of allylic oxidation sites excluding steroid dienone is 2. The third-order valence-corrected chi connectivity index (χ3v) is 0.967. The molecule has 2 nitrogen and oxygen atoms in total. The van der Waals surface area contributed by atoms with Crippen molar-refractivity contribution in [3.8, 4) is 0 Å². The van der Waals surface area contributed by atoms with Gasteiger partial charge in [-0.25, -0.2) is 0 Å². The average molecular weight is 122 g/mol. The van der Waals surface area contributed by atoms with Gasteiger partial charge in [0.15, 0.2) is 0 Å². The van der Waals surface area contributed by atoms with E-state index >= 15 is 0 Å². The van der Waals surface area contributed by atoms with Gasteiger partial charge < -0.3 is 10.6 Å². The zero-order valence-electron chi connectivity index (χ0n) is 5.17. The van der Waals surface area contributed by atoms with Crippen molar-refractivity contribution in [1.29, 1.82) is 0 Å². The maximum atomic E-state index is 3.07. The Morgan fingerprint density at radius 1 is 1.00 bits per heavy atom. The van der Waals surface area contributed by atoms with E-state index in [1.807, 2.05) is 36.8 Å². The fraction of sp³-hybridized carbons (Fsp3) is 0.143. The largest absolute Gasteiger partial charge is 0.387 e.